The van der Waals surface area contributed by atoms with Gasteiger partial charge in [0, 0.05) is 40.4 Å². The Kier molecular flexibility index (Phi) is 7.74. The van der Waals surface area contributed by atoms with Crippen LogP contribution in [0.4, 0.5) is 0 Å². The molecule has 2 aromatic carbocycles. The van der Waals surface area contributed by atoms with Crippen LogP contribution in [0.25, 0.3) is 22.3 Å². The van der Waals surface area contributed by atoms with Gasteiger partial charge >= 0.3 is 0 Å². The normalized spacial score (nSPS) is 20.8. The Balaban J connectivity index is 1.33. The number of rotatable bonds is 6. The molecule has 5 nitrogen and oxygen atoms in total. The van der Waals surface area contributed by atoms with Crippen molar-refractivity contribution in [3.8, 4) is 28.3 Å². The maximum Gasteiger partial charge on any atom is 0.150 e. The van der Waals surface area contributed by atoms with Crippen LogP contribution in [0.3, 0.4) is 0 Å². The van der Waals surface area contributed by atoms with Gasteiger partial charge in [0.05, 0.1) is 11.6 Å². The molecule has 1 saturated carbocycles. The molecule has 5 heteroatoms. The first-order chi connectivity index (χ1) is 22.4. The predicted molar refractivity (Wildman–Crippen MR) is 189 cm³/mol. The number of benzene rings is 2. The zero-order valence-electron chi connectivity index (χ0n) is 26.7. The fraction of sp³-hybridized carbons (Fsp3) is 0.268. The van der Waals surface area contributed by atoms with E-state index in [-0.39, 0.29) is 17.5 Å². The maximum atomic E-state index is 9.89. The molecule has 1 fully saturated rings. The fourth-order valence-corrected chi connectivity index (χ4v) is 7.69. The molecule has 1 aliphatic heterocycles. The highest BCUT2D eigenvalue weighted by atomic mass is 15.2. The first kappa shape index (κ1) is 29.6. The predicted octanol–water partition coefficient (Wildman–Crippen LogP) is 9.05. The van der Waals surface area contributed by atoms with E-state index in [1.807, 2.05) is 37.5 Å². The van der Waals surface area contributed by atoms with Crippen molar-refractivity contribution in [1.82, 2.24) is 10.3 Å². The number of nitriles is 1. The van der Waals surface area contributed by atoms with Crippen molar-refractivity contribution in [3.63, 3.8) is 0 Å². The molecule has 1 aromatic heterocycles. The summed E-state index contributed by atoms with van der Waals surface area (Å²) >= 11 is 0. The Labute approximate surface area is 272 Å². The summed E-state index contributed by atoms with van der Waals surface area (Å²) in [6.07, 6.45) is 22.7. The monoisotopic (exact) mass is 601 g/mol. The fourth-order valence-electron chi connectivity index (χ4n) is 7.69. The number of aromatic nitrogens is 1. The summed E-state index contributed by atoms with van der Waals surface area (Å²) in [5.41, 5.74) is 12.0. The minimum Gasteiger partial charge on any atom is -0.324 e. The number of amidine groups is 2. The first-order valence-corrected chi connectivity index (χ1v) is 16.3. The Morgan fingerprint density at radius 1 is 0.978 bits per heavy atom. The number of nitrogens with one attached hydrogen (secondary N) is 1. The molecule has 0 bridgehead atoms. The molecule has 228 valence electrons. The smallest absolute Gasteiger partial charge is 0.150 e. The number of fused-ring (bicyclic) bond motifs is 5. The van der Waals surface area contributed by atoms with E-state index in [1.165, 1.54) is 47.1 Å². The zero-order valence-corrected chi connectivity index (χ0v) is 26.7. The van der Waals surface area contributed by atoms with Crippen molar-refractivity contribution >= 4 is 11.7 Å². The second-order valence-electron chi connectivity index (χ2n) is 13.1. The number of pyridine rings is 1. The highest BCUT2D eigenvalue weighted by Gasteiger charge is 2.45. The standard InChI is InChI=1S/C41H39N5/c1-26(2)16-17-27(3)38-44-39(30-12-7-5-8-13-30)46-40(45-38)32-22-31(24-43-25-32)33-14-11-15-34-37(33)36-28(4)20-29(23-42)21-35(36)41(34)18-9-6-10-19-41/h5,7-8,11-12,14-17,20-22,24-25,30,39H,1,3,6,9-10,13,18-19H2,2,4H3,(H,44,45,46)/b17-16-. The Bertz CT molecular complexity index is 1950. The van der Waals surface area contributed by atoms with Gasteiger partial charge in [-0.05, 0) is 84.7 Å². The first-order valence-electron chi connectivity index (χ1n) is 16.3. The van der Waals surface area contributed by atoms with Gasteiger partial charge in [0.15, 0.2) is 6.17 Å². The van der Waals surface area contributed by atoms with E-state index in [1.54, 1.807) is 0 Å². The second kappa shape index (κ2) is 12.0. The number of hydrogen-bond acceptors (Lipinski definition) is 5. The molecular formula is C41H39N5. The lowest BCUT2D eigenvalue weighted by atomic mass is 9.67. The molecule has 1 spiro atoms. The van der Waals surface area contributed by atoms with E-state index < -0.39 is 0 Å². The molecule has 2 atom stereocenters. The number of nitrogens with zero attached hydrogens (tertiary/aromatic N) is 4. The third kappa shape index (κ3) is 5.18. The average molecular weight is 602 g/mol. The van der Waals surface area contributed by atoms with Crippen LogP contribution in [0, 0.1) is 24.2 Å². The van der Waals surface area contributed by atoms with E-state index in [0.29, 0.717) is 5.84 Å². The molecule has 0 amide bonds. The summed E-state index contributed by atoms with van der Waals surface area (Å²) in [5, 5.41) is 13.4. The zero-order chi connectivity index (χ0) is 31.8. The van der Waals surface area contributed by atoms with Crippen LogP contribution in [0.2, 0.25) is 0 Å². The minimum absolute atomic E-state index is 0.0468. The second-order valence-corrected chi connectivity index (χ2v) is 13.1. The van der Waals surface area contributed by atoms with Crippen molar-refractivity contribution < 1.29 is 0 Å². The van der Waals surface area contributed by atoms with Gasteiger partial charge in [-0.25, -0.2) is 9.98 Å². The summed E-state index contributed by atoms with van der Waals surface area (Å²) in [6.45, 7) is 12.4. The largest absolute Gasteiger partial charge is 0.324 e. The average Bonchev–Trinajstić information content (AvgIpc) is 3.36. The molecule has 3 aromatic rings. The minimum atomic E-state index is -0.276. The van der Waals surface area contributed by atoms with Gasteiger partial charge in [-0.3, -0.25) is 4.98 Å². The van der Waals surface area contributed by atoms with Crippen molar-refractivity contribution in [1.29, 1.82) is 5.26 Å². The van der Waals surface area contributed by atoms with Crippen molar-refractivity contribution in [2.75, 3.05) is 0 Å². The molecule has 3 aliphatic carbocycles. The van der Waals surface area contributed by atoms with Crippen molar-refractivity contribution in [2.45, 2.75) is 64.0 Å². The summed E-state index contributed by atoms with van der Waals surface area (Å²) in [4.78, 5) is 14.9. The maximum absolute atomic E-state index is 9.89. The lowest BCUT2D eigenvalue weighted by molar-refractivity contribution is 0.353. The lowest BCUT2D eigenvalue weighted by Crippen LogP contribution is -2.39. The Hall–Kier alpha value is -5.08. The molecule has 2 unspecified atom stereocenters. The summed E-state index contributed by atoms with van der Waals surface area (Å²) in [7, 11) is 0. The van der Waals surface area contributed by atoms with Gasteiger partial charge in [0.1, 0.15) is 11.7 Å². The summed E-state index contributed by atoms with van der Waals surface area (Å²) < 4.78 is 0. The Morgan fingerprint density at radius 3 is 2.57 bits per heavy atom. The van der Waals surface area contributed by atoms with Crippen LogP contribution in [0.15, 0.2) is 120 Å². The molecule has 0 saturated heterocycles. The SMILES string of the molecule is C=C(C)/C=C\C(=C)C1=NC(C2C=CC=CC2)N=C(c2cncc(-c3cccc4c3-c3c(C)cc(C#N)cc3C43CCCCC3)c2)N1. The van der Waals surface area contributed by atoms with Crippen molar-refractivity contribution in [3.05, 3.63) is 137 Å². The lowest BCUT2D eigenvalue weighted by Gasteiger charge is -2.36. The molecule has 1 N–H and O–H groups in total. The Morgan fingerprint density at radius 2 is 1.80 bits per heavy atom. The van der Waals surface area contributed by atoms with Crippen LogP contribution < -0.4 is 5.32 Å². The van der Waals surface area contributed by atoms with E-state index in [2.05, 4.69) is 86.1 Å². The number of allylic oxidation sites excluding steroid dienone is 5. The molecular weight excluding hydrogens is 562 g/mol. The van der Waals surface area contributed by atoms with Crippen LogP contribution in [0.5, 0.6) is 0 Å². The molecule has 2 heterocycles. The van der Waals surface area contributed by atoms with Gasteiger partial charge in [0.25, 0.3) is 0 Å². The number of aryl methyl sites for hydroxylation is 1. The highest BCUT2D eigenvalue weighted by Crippen LogP contribution is 2.58. The third-order valence-electron chi connectivity index (χ3n) is 9.87. The summed E-state index contributed by atoms with van der Waals surface area (Å²) in [5.74, 6) is 1.61. The quantitative estimate of drug-likeness (QED) is 0.287. The molecule has 4 aliphatic rings. The van der Waals surface area contributed by atoms with E-state index in [9.17, 15) is 5.26 Å². The molecule has 0 radical (unpaired) electrons. The molecule has 7 rings (SSSR count). The van der Waals surface area contributed by atoms with E-state index in [4.69, 9.17) is 15.0 Å². The van der Waals surface area contributed by atoms with Crippen LogP contribution >= 0.6 is 0 Å². The molecule has 46 heavy (non-hydrogen) atoms. The van der Waals surface area contributed by atoms with Crippen LogP contribution in [-0.4, -0.2) is 22.8 Å². The van der Waals surface area contributed by atoms with Crippen LogP contribution in [-0.2, 0) is 5.41 Å². The highest BCUT2D eigenvalue weighted by molar-refractivity contribution is 6.16. The van der Waals surface area contributed by atoms with Gasteiger partial charge in [-0.15, -0.1) is 0 Å². The van der Waals surface area contributed by atoms with Gasteiger partial charge in [0.2, 0.25) is 0 Å². The van der Waals surface area contributed by atoms with Crippen LogP contribution in [0.1, 0.15) is 73.3 Å². The van der Waals surface area contributed by atoms with Gasteiger partial charge < -0.3 is 5.32 Å². The number of hydrogen-bond donors (Lipinski definition) is 1. The van der Waals surface area contributed by atoms with E-state index in [0.717, 1.165) is 58.5 Å². The van der Waals surface area contributed by atoms with Gasteiger partial charge in [-0.2, -0.15) is 5.26 Å². The van der Waals surface area contributed by atoms with Crippen molar-refractivity contribution in [2.24, 2.45) is 15.9 Å². The third-order valence-corrected chi connectivity index (χ3v) is 9.87. The topological polar surface area (TPSA) is 73.4 Å². The van der Waals surface area contributed by atoms with Gasteiger partial charge in [-0.1, -0.05) is 92.6 Å². The van der Waals surface area contributed by atoms with E-state index >= 15 is 0 Å². The summed E-state index contributed by atoms with van der Waals surface area (Å²) in [6, 6.07) is 15.6. The number of aliphatic imine (C=N–C) groups is 2.